The highest BCUT2D eigenvalue weighted by atomic mass is 19.4. The number of hydrogen-bond acceptors (Lipinski definition) is 7. The van der Waals surface area contributed by atoms with Crippen molar-refractivity contribution in [1.29, 1.82) is 0 Å². The first kappa shape index (κ1) is 38.9. The van der Waals surface area contributed by atoms with Gasteiger partial charge in [-0.25, -0.2) is 9.97 Å². The van der Waals surface area contributed by atoms with E-state index >= 15 is 0 Å². The largest absolute Gasteiger partial charge is 0.496 e. The number of carbonyl (C=O) groups excluding carboxylic acids is 1. The van der Waals surface area contributed by atoms with Crippen LogP contribution >= 0.6 is 0 Å². The molecule has 1 N–H and O–H groups in total. The molecular formula is C38H38F6N4O5. The molecular weight excluding hydrogens is 706 g/mol. The molecule has 5 rings (SSSR count). The molecule has 53 heavy (non-hydrogen) atoms. The number of carboxylic acids is 1. The number of anilines is 2. The van der Waals surface area contributed by atoms with Crippen LogP contribution in [-0.4, -0.2) is 47.2 Å². The number of ether oxygens (including phenoxy) is 2. The number of nitrogens with zero attached hydrogens (tertiary/aromatic N) is 4. The summed E-state index contributed by atoms with van der Waals surface area (Å²) in [5.74, 6) is -0.256. The van der Waals surface area contributed by atoms with E-state index < -0.39 is 36.0 Å². The first-order valence-electron chi connectivity index (χ1n) is 16.8. The van der Waals surface area contributed by atoms with E-state index in [9.17, 15) is 35.9 Å². The van der Waals surface area contributed by atoms with Gasteiger partial charge in [-0.3, -0.25) is 9.59 Å². The molecule has 1 aliphatic heterocycles. The Balaban J connectivity index is 1.63. The number of carbonyl (C=O) groups is 2. The second-order valence-corrected chi connectivity index (χ2v) is 12.9. The topological polar surface area (TPSA) is 105 Å². The van der Waals surface area contributed by atoms with Crippen LogP contribution in [0.5, 0.6) is 11.5 Å². The third-order valence-corrected chi connectivity index (χ3v) is 8.74. The molecule has 1 amide bonds. The predicted molar refractivity (Wildman–Crippen MR) is 185 cm³/mol. The molecule has 2 heterocycles. The molecule has 1 fully saturated rings. The summed E-state index contributed by atoms with van der Waals surface area (Å²) in [4.78, 5) is 35.4. The minimum absolute atomic E-state index is 0.0367. The van der Waals surface area contributed by atoms with Gasteiger partial charge in [-0.15, -0.1) is 0 Å². The predicted octanol–water partition coefficient (Wildman–Crippen LogP) is 8.89. The number of rotatable bonds is 14. The number of carboxylic acid groups (broad SMARTS) is 1. The summed E-state index contributed by atoms with van der Waals surface area (Å²) in [6, 6.07) is 12.5. The van der Waals surface area contributed by atoms with Gasteiger partial charge in [0.05, 0.1) is 37.2 Å². The van der Waals surface area contributed by atoms with E-state index in [2.05, 4.69) is 9.97 Å². The molecule has 0 atom stereocenters. The third-order valence-electron chi connectivity index (χ3n) is 8.74. The van der Waals surface area contributed by atoms with E-state index in [1.165, 1.54) is 24.4 Å². The van der Waals surface area contributed by atoms with E-state index in [0.29, 0.717) is 59.6 Å². The fourth-order valence-electron chi connectivity index (χ4n) is 6.05. The number of benzene rings is 3. The molecule has 1 aliphatic rings. The summed E-state index contributed by atoms with van der Waals surface area (Å²) in [6.45, 7) is 3.99. The standard InChI is InChI=1S/C38H38F6N4O5/c1-23(2)25-8-11-33(52-3)32(17-25)31-10-9-29(48-12-4-6-34(48)49)16-26(31)22-47(36-45-19-30(20-46-36)53-13-5-7-35(50)51)21-24-14-27(37(39,40)41)18-28(15-24)38(42,43)44/h8-11,14-20,23H,4-7,12-13,21-22H2,1-3H3,(H,50,51). The number of alkyl halides is 6. The van der Waals surface area contributed by atoms with Crippen molar-refractivity contribution in [3.63, 3.8) is 0 Å². The van der Waals surface area contributed by atoms with Crippen LogP contribution in [0.3, 0.4) is 0 Å². The quantitative estimate of drug-likeness (QED) is 0.101. The van der Waals surface area contributed by atoms with E-state index in [1.54, 1.807) is 17.0 Å². The fourth-order valence-corrected chi connectivity index (χ4v) is 6.05. The molecule has 1 aromatic heterocycles. The SMILES string of the molecule is COc1ccc(C(C)C)cc1-c1ccc(N2CCCC2=O)cc1CN(Cc1cc(C(F)(F)F)cc(C(F)(F)F)c1)c1ncc(OCCCC(=O)O)cn1. The number of aromatic nitrogens is 2. The van der Waals surface area contributed by atoms with Gasteiger partial charge in [0, 0.05) is 43.7 Å². The lowest BCUT2D eigenvalue weighted by atomic mass is 9.93. The van der Waals surface area contributed by atoms with Gasteiger partial charge in [0.1, 0.15) is 5.75 Å². The zero-order valence-corrected chi connectivity index (χ0v) is 29.2. The Morgan fingerprint density at radius 1 is 0.925 bits per heavy atom. The van der Waals surface area contributed by atoms with Crippen LogP contribution in [0.1, 0.15) is 73.3 Å². The van der Waals surface area contributed by atoms with Crippen LogP contribution in [0.15, 0.2) is 67.0 Å². The molecule has 0 saturated carbocycles. The number of hydrogen-bond donors (Lipinski definition) is 1. The average Bonchev–Trinajstić information content (AvgIpc) is 3.54. The maximum atomic E-state index is 13.9. The molecule has 1 saturated heterocycles. The molecule has 0 spiro atoms. The second kappa shape index (κ2) is 16.1. The van der Waals surface area contributed by atoms with E-state index in [0.717, 1.165) is 5.56 Å². The minimum atomic E-state index is -5.06. The highest BCUT2D eigenvalue weighted by Gasteiger charge is 2.37. The summed E-state index contributed by atoms with van der Waals surface area (Å²) in [5.41, 5.74) is 0.277. The van der Waals surface area contributed by atoms with Crippen molar-refractivity contribution in [1.82, 2.24) is 9.97 Å². The zero-order valence-electron chi connectivity index (χ0n) is 29.2. The fraction of sp³-hybridized carbons (Fsp3) is 0.368. The number of halogens is 6. The van der Waals surface area contributed by atoms with Crippen molar-refractivity contribution in [3.8, 4) is 22.6 Å². The van der Waals surface area contributed by atoms with Crippen LogP contribution in [-0.2, 0) is 35.0 Å². The van der Waals surface area contributed by atoms with Gasteiger partial charge < -0.3 is 24.4 Å². The molecule has 15 heteroatoms. The van der Waals surface area contributed by atoms with Crippen molar-refractivity contribution in [2.24, 2.45) is 0 Å². The maximum Gasteiger partial charge on any atom is 0.416 e. The molecule has 4 aromatic rings. The van der Waals surface area contributed by atoms with Gasteiger partial charge >= 0.3 is 18.3 Å². The Kier molecular flexibility index (Phi) is 11.8. The molecule has 282 valence electrons. The molecule has 0 unspecified atom stereocenters. The Hall–Kier alpha value is -5.34. The summed E-state index contributed by atoms with van der Waals surface area (Å²) >= 11 is 0. The first-order valence-corrected chi connectivity index (χ1v) is 16.8. The first-order chi connectivity index (χ1) is 25.0. The lowest BCUT2D eigenvalue weighted by Gasteiger charge is -2.27. The van der Waals surface area contributed by atoms with Gasteiger partial charge in [0.15, 0.2) is 5.75 Å². The van der Waals surface area contributed by atoms with E-state index in [1.807, 2.05) is 38.1 Å². The van der Waals surface area contributed by atoms with Crippen LogP contribution in [0, 0.1) is 0 Å². The molecule has 0 bridgehead atoms. The summed E-state index contributed by atoms with van der Waals surface area (Å²) in [5, 5.41) is 8.89. The van der Waals surface area contributed by atoms with E-state index in [-0.39, 0.29) is 61.1 Å². The Labute approximate surface area is 302 Å². The van der Waals surface area contributed by atoms with Crippen LogP contribution < -0.4 is 19.3 Å². The third kappa shape index (κ3) is 9.76. The Morgan fingerprint density at radius 2 is 1.60 bits per heavy atom. The molecule has 3 aromatic carbocycles. The van der Waals surface area contributed by atoms with Crippen molar-refractivity contribution in [2.45, 2.75) is 70.9 Å². The van der Waals surface area contributed by atoms with Gasteiger partial charge in [-0.05, 0) is 83.5 Å². The van der Waals surface area contributed by atoms with Gasteiger partial charge in [0.2, 0.25) is 11.9 Å². The highest BCUT2D eigenvalue weighted by Crippen LogP contribution is 2.40. The van der Waals surface area contributed by atoms with Gasteiger partial charge in [-0.2, -0.15) is 26.3 Å². The number of aliphatic carboxylic acids is 1. The van der Waals surface area contributed by atoms with Crippen LogP contribution in [0.2, 0.25) is 0 Å². The molecule has 0 aliphatic carbocycles. The Morgan fingerprint density at radius 3 is 2.17 bits per heavy atom. The van der Waals surface area contributed by atoms with Crippen molar-refractivity contribution < 1.29 is 50.5 Å². The summed E-state index contributed by atoms with van der Waals surface area (Å²) < 4.78 is 94.6. The maximum absolute atomic E-state index is 13.9. The number of amides is 1. The molecule has 0 radical (unpaired) electrons. The van der Waals surface area contributed by atoms with Crippen molar-refractivity contribution in [2.75, 3.05) is 30.1 Å². The van der Waals surface area contributed by atoms with Crippen LogP contribution in [0.25, 0.3) is 11.1 Å². The monoisotopic (exact) mass is 744 g/mol. The van der Waals surface area contributed by atoms with Crippen LogP contribution in [0.4, 0.5) is 38.0 Å². The summed E-state index contributed by atoms with van der Waals surface area (Å²) in [7, 11) is 1.52. The van der Waals surface area contributed by atoms with Crippen molar-refractivity contribution in [3.05, 3.63) is 94.8 Å². The van der Waals surface area contributed by atoms with Crippen molar-refractivity contribution >= 4 is 23.5 Å². The lowest BCUT2D eigenvalue weighted by Crippen LogP contribution is -2.26. The minimum Gasteiger partial charge on any atom is -0.496 e. The normalized spacial score (nSPS) is 13.5. The van der Waals surface area contributed by atoms with Gasteiger partial charge in [0.25, 0.3) is 0 Å². The smallest absolute Gasteiger partial charge is 0.416 e. The zero-order chi connectivity index (χ0) is 38.5. The number of methoxy groups -OCH3 is 1. The summed E-state index contributed by atoms with van der Waals surface area (Å²) in [6.07, 6.45) is -6.43. The molecule has 9 nitrogen and oxygen atoms in total. The second-order valence-electron chi connectivity index (χ2n) is 12.9. The lowest BCUT2D eigenvalue weighted by molar-refractivity contribution is -0.143. The van der Waals surface area contributed by atoms with E-state index in [4.69, 9.17) is 14.6 Å². The Bertz CT molecular complexity index is 1900. The highest BCUT2D eigenvalue weighted by molar-refractivity contribution is 5.96. The average molecular weight is 745 g/mol. The van der Waals surface area contributed by atoms with Gasteiger partial charge in [-0.1, -0.05) is 26.0 Å².